The Morgan fingerprint density at radius 2 is 2.08 bits per heavy atom. The first-order valence-electron chi connectivity index (χ1n) is 8.69. The van der Waals surface area contributed by atoms with Gasteiger partial charge in [-0.1, -0.05) is 18.7 Å². The lowest BCUT2D eigenvalue weighted by Crippen LogP contribution is -2.45. The van der Waals surface area contributed by atoms with Crippen molar-refractivity contribution in [3.05, 3.63) is 49.3 Å². The van der Waals surface area contributed by atoms with E-state index in [0.29, 0.717) is 36.2 Å². The molecule has 1 saturated heterocycles. The maximum atomic E-state index is 13.1. The van der Waals surface area contributed by atoms with Gasteiger partial charge in [-0.25, -0.2) is 8.42 Å². The van der Waals surface area contributed by atoms with Crippen LogP contribution in [0.3, 0.4) is 0 Å². The van der Waals surface area contributed by atoms with Crippen LogP contribution >= 0.6 is 0 Å². The monoisotopic (exact) mass is 373 g/mol. The number of carbonyl (C=O) groups is 1. The molecule has 138 valence electrons. The summed E-state index contributed by atoms with van der Waals surface area (Å²) in [7, 11) is -3.56. The van der Waals surface area contributed by atoms with Gasteiger partial charge in [0.25, 0.3) is 0 Å². The van der Waals surface area contributed by atoms with Gasteiger partial charge in [0.05, 0.1) is 4.90 Å². The number of aromatic nitrogens is 1. The molecule has 0 spiro atoms. The number of amides is 1. The summed E-state index contributed by atoms with van der Waals surface area (Å²) in [6.07, 6.45) is 5.96. The number of rotatable bonds is 5. The van der Waals surface area contributed by atoms with E-state index in [1.54, 1.807) is 34.9 Å². The lowest BCUT2D eigenvalue weighted by molar-refractivity contribution is -0.117. The number of benzene rings is 1. The minimum absolute atomic E-state index is 0.00557. The third kappa shape index (κ3) is 3.64. The number of hydrogen-bond donors (Lipinski definition) is 1. The van der Waals surface area contributed by atoms with Crippen molar-refractivity contribution >= 4 is 26.7 Å². The van der Waals surface area contributed by atoms with Gasteiger partial charge >= 0.3 is 0 Å². The van der Waals surface area contributed by atoms with Crippen molar-refractivity contribution in [1.29, 1.82) is 0 Å². The first-order valence-corrected chi connectivity index (χ1v) is 10.1. The molecular formula is C19H23N3O3S. The molecule has 7 heteroatoms. The number of piperidine rings is 1. The molecule has 0 saturated carbocycles. The van der Waals surface area contributed by atoms with Crippen LogP contribution in [0.4, 0.5) is 0 Å². The van der Waals surface area contributed by atoms with Gasteiger partial charge < -0.3 is 5.32 Å². The van der Waals surface area contributed by atoms with E-state index < -0.39 is 10.0 Å². The lowest BCUT2D eigenvalue weighted by Gasteiger charge is -2.34. The number of sulfonamides is 1. The van der Waals surface area contributed by atoms with Gasteiger partial charge in [-0.3, -0.25) is 9.78 Å². The summed E-state index contributed by atoms with van der Waals surface area (Å²) in [6.45, 7) is 6.30. The number of pyridine rings is 1. The molecule has 1 aromatic heterocycles. The van der Waals surface area contributed by atoms with Gasteiger partial charge in [-0.05, 0) is 43.9 Å². The second-order valence-corrected chi connectivity index (χ2v) is 8.50. The van der Waals surface area contributed by atoms with E-state index in [4.69, 9.17) is 0 Å². The first kappa shape index (κ1) is 18.5. The van der Waals surface area contributed by atoms with E-state index in [0.717, 1.165) is 5.39 Å². The summed E-state index contributed by atoms with van der Waals surface area (Å²) in [6, 6.07) is 6.99. The summed E-state index contributed by atoms with van der Waals surface area (Å²) in [4.78, 5) is 15.8. The number of hydrogen-bond acceptors (Lipinski definition) is 4. The van der Waals surface area contributed by atoms with Crippen molar-refractivity contribution in [2.24, 2.45) is 5.92 Å². The van der Waals surface area contributed by atoms with E-state index in [9.17, 15) is 13.2 Å². The largest absolute Gasteiger partial charge is 0.350 e. The SMILES string of the molecule is C=CC(=O)NC(C)C1CCN(S(=O)(=O)c2cccc3cnccc23)CC1. The Kier molecular flexibility index (Phi) is 5.38. The Bertz CT molecular complexity index is 913. The molecule has 1 atom stereocenters. The predicted octanol–water partition coefficient (Wildman–Crippen LogP) is 2.33. The molecule has 1 amide bonds. The van der Waals surface area contributed by atoms with Crippen molar-refractivity contribution < 1.29 is 13.2 Å². The standard InChI is InChI=1S/C19H23N3O3S/c1-3-19(23)21-14(2)15-8-11-22(12-9-15)26(24,25)18-6-4-5-16-13-20-10-7-17(16)18/h3-7,10,13-15H,1,8-9,11-12H2,2H3,(H,21,23). The Balaban J connectivity index is 1.76. The van der Waals surface area contributed by atoms with E-state index in [1.807, 2.05) is 13.0 Å². The minimum Gasteiger partial charge on any atom is -0.350 e. The van der Waals surface area contributed by atoms with Crippen LogP contribution < -0.4 is 5.32 Å². The van der Waals surface area contributed by atoms with Crippen molar-refractivity contribution in [1.82, 2.24) is 14.6 Å². The molecular weight excluding hydrogens is 350 g/mol. The first-order chi connectivity index (χ1) is 12.4. The van der Waals surface area contributed by atoms with E-state index in [2.05, 4.69) is 16.9 Å². The van der Waals surface area contributed by atoms with Crippen LogP contribution in [-0.4, -0.2) is 42.7 Å². The van der Waals surface area contributed by atoms with Crippen LogP contribution in [0.1, 0.15) is 19.8 Å². The molecule has 6 nitrogen and oxygen atoms in total. The summed E-state index contributed by atoms with van der Waals surface area (Å²) in [5, 5.41) is 4.38. The summed E-state index contributed by atoms with van der Waals surface area (Å²) < 4.78 is 27.8. The second kappa shape index (κ2) is 7.55. The minimum atomic E-state index is -3.56. The molecule has 1 aromatic carbocycles. The van der Waals surface area contributed by atoms with Gasteiger partial charge in [-0.2, -0.15) is 4.31 Å². The highest BCUT2D eigenvalue weighted by Crippen LogP contribution is 2.29. The van der Waals surface area contributed by atoms with Crippen LogP contribution in [0, 0.1) is 5.92 Å². The van der Waals surface area contributed by atoms with Gasteiger partial charge in [0, 0.05) is 42.3 Å². The summed E-state index contributed by atoms with van der Waals surface area (Å²) in [5.74, 6) is 0.0546. The van der Waals surface area contributed by atoms with Crippen molar-refractivity contribution in [3.63, 3.8) is 0 Å². The Labute approximate surface area is 154 Å². The highest BCUT2D eigenvalue weighted by atomic mass is 32.2. The number of carbonyl (C=O) groups excluding carboxylic acids is 1. The van der Waals surface area contributed by atoms with Crippen LogP contribution in [0.15, 0.2) is 54.2 Å². The molecule has 0 radical (unpaired) electrons. The van der Waals surface area contributed by atoms with E-state index >= 15 is 0 Å². The molecule has 2 aromatic rings. The highest BCUT2D eigenvalue weighted by molar-refractivity contribution is 7.89. The quantitative estimate of drug-likeness (QED) is 0.816. The third-order valence-corrected chi connectivity index (χ3v) is 6.98. The molecule has 1 fully saturated rings. The Morgan fingerprint density at radius 3 is 2.77 bits per heavy atom. The fourth-order valence-corrected chi connectivity index (χ4v) is 5.16. The molecule has 0 bridgehead atoms. The molecule has 3 rings (SSSR count). The predicted molar refractivity (Wildman–Crippen MR) is 101 cm³/mol. The number of nitrogens with one attached hydrogen (secondary N) is 1. The Hall–Kier alpha value is -2.25. The molecule has 1 N–H and O–H groups in total. The zero-order valence-corrected chi connectivity index (χ0v) is 15.6. The fourth-order valence-electron chi connectivity index (χ4n) is 3.47. The summed E-state index contributed by atoms with van der Waals surface area (Å²) >= 11 is 0. The normalized spacial score (nSPS) is 17.7. The van der Waals surface area contributed by atoms with Crippen LogP contribution in [0.2, 0.25) is 0 Å². The van der Waals surface area contributed by atoms with Crippen LogP contribution in [0.5, 0.6) is 0 Å². The van der Waals surface area contributed by atoms with Gasteiger partial charge in [-0.15, -0.1) is 0 Å². The molecule has 1 unspecified atom stereocenters. The van der Waals surface area contributed by atoms with Crippen LogP contribution in [0.25, 0.3) is 10.8 Å². The van der Waals surface area contributed by atoms with Crippen molar-refractivity contribution in [2.45, 2.75) is 30.7 Å². The maximum absolute atomic E-state index is 13.1. The van der Waals surface area contributed by atoms with Crippen molar-refractivity contribution in [3.8, 4) is 0 Å². The third-order valence-electron chi connectivity index (χ3n) is 5.02. The number of nitrogens with zero attached hydrogens (tertiary/aromatic N) is 2. The molecule has 1 aliphatic rings. The van der Waals surface area contributed by atoms with E-state index in [1.165, 1.54) is 6.08 Å². The van der Waals surface area contributed by atoms with Gasteiger partial charge in [0.1, 0.15) is 0 Å². The average Bonchev–Trinajstić information content (AvgIpc) is 2.67. The topological polar surface area (TPSA) is 79.4 Å². The fraction of sp³-hybridized carbons (Fsp3) is 0.368. The second-order valence-electron chi connectivity index (χ2n) is 6.60. The molecule has 26 heavy (non-hydrogen) atoms. The highest BCUT2D eigenvalue weighted by Gasteiger charge is 2.32. The van der Waals surface area contributed by atoms with Crippen molar-refractivity contribution in [2.75, 3.05) is 13.1 Å². The van der Waals surface area contributed by atoms with E-state index in [-0.39, 0.29) is 17.9 Å². The lowest BCUT2D eigenvalue weighted by atomic mass is 9.91. The molecule has 0 aliphatic carbocycles. The zero-order valence-electron chi connectivity index (χ0n) is 14.8. The Morgan fingerprint density at radius 1 is 1.35 bits per heavy atom. The van der Waals surface area contributed by atoms with Crippen LogP contribution in [-0.2, 0) is 14.8 Å². The zero-order chi connectivity index (χ0) is 18.7. The average molecular weight is 373 g/mol. The molecule has 2 heterocycles. The smallest absolute Gasteiger partial charge is 0.243 e. The number of fused-ring (bicyclic) bond motifs is 1. The molecule has 1 aliphatic heterocycles. The van der Waals surface area contributed by atoms with Gasteiger partial charge in [0.2, 0.25) is 15.9 Å². The summed E-state index contributed by atoms with van der Waals surface area (Å²) in [5.41, 5.74) is 0. The maximum Gasteiger partial charge on any atom is 0.243 e. The van der Waals surface area contributed by atoms with Gasteiger partial charge in [0.15, 0.2) is 0 Å².